The number of aliphatic hydroxyl groups is 4. The smallest absolute Gasteiger partial charge is 0.0811 e. The summed E-state index contributed by atoms with van der Waals surface area (Å²) in [4.78, 5) is 0. The van der Waals surface area contributed by atoms with Gasteiger partial charge in [-0.25, -0.2) is 0 Å². The monoisotopic (exact) mass is 432 g/mol. The first-order valence-corrected chi connectivity index (χ1v) is 12.3. The molecule has 4 N–H and O–H groups in total. The standard InChI is InChI=1S/C27H44O4/c1-17(2)13-22(29)16-27(5,31)25-11-10-23-19(7-6-12-26(23,25)4)8-9-20-14-21(28)15-24(30)18(20)3/h8-9,17,21-25,28-31H,3,6-7,10-16H2,1-2,4-5H3/b19-8+,20-9-/t21-,22-,23+,24+,25+,26+,27+/m1/s1. The van der Waals surface area contributed by atoms with Gasteiger partial charge in [-0.15, -0.1) is 0 Å². The van der Waals surface area contributed by atoms with Crippen molar-refractivity contribution in [1.82, 2.24) is 0 Å². The molecule has 176 valence electrons. The van der Waals surface area contributed by atoms with Gasteiger partial charge in [0.2, 0.25) is 0 Å². The number of hydrogen-bond acceptors (Lipinski definition) is 4. The zero-order valence-electron chi connectivity index (χ0n) is 20.0. The van der Waals surface area contributed by atoms with Crippen LogP contribution in [0.25, 0.3) is 0 Å². The van der Waals surface area contributed by atoms with E-state index in [0.717, 1.165) is 49.7 Å². The van der Waals surface area contributed by atoms with Crippen LogP contribution >= 0.6 is 0 Å². The molecule has 0 unspecified atom stereocenters. The van der Waals surface area contributed by atoms with E-state index < -0.39 is 23.9 Å². The lowest BCUT2D eigenvalue weighted by atomic mass is 9.59. The lowest BCUT2D eigenvalue weighted by Gasteiger charge is -2.47. The topological polar surface area (TPSA) is 80.9 Å². The molecule has 3 fully saturated rings. The predicted octanol–water partition coefficient (Wildman–Crippen LogP) is 4.68. The molecular formula is C27H44O4. The molecule has 0 aromatic carbocycles. The fraction of sp³-hybridized carbons (Fsp3) is 0.778. The molecule has 0 heterocycles. The van der Waals surface area contributed by atoms with E-state index in [0.29, 0.717) is 31.1 Å². The van der Waals surface area contributed by atoms with Crippen molar-refractivity contribution in [3.05, 3.63) is 35.5 Å². The Balaban J connectivity index is 1.78. The third-order valence-electron chi connectivity index (χ3n) is 8.37. The Hall–Kier alpha value is -0.940. The van der Waals surface area contributed by atoms with Gasteiger partial charge in [0.05, 0.1) is 23.9 Å². The van der Waals surface area contributed by atoms with Gasteiger partial charge in [0.15, 0.2) is 0 Å². The van der Waals surface area contributed by atoms with Crippen LogP contribution in [0.4, 0.5) is 0 Å². The minimum Gasteiger partial charge on any atom is -0.393 e. The highest BCUT2D eigenvalue weighted by Gasteiger charge is 2.55. The fourth-order valence-electron chi connectivity index (χ4n) is 6.97. The van der Waals surface area contributed by atoms with Crippen molar-refractivity contribution in [2.24, 2.45) is 23.2 Å². The van der Waals surface area contributed by atoms with E-state index in [1.54, 1.807) is 0 Å². The highest BCUT2D eigenvalue weighted by molar-refractivity contribution is 5.38. The summed E-state index contributed by atoms with van der Waals surface area (Å²) in [6.45, 7) is 12.5. The maximum Gasteiger partial charge on any atom is 0.0811 e. The van der Waals surface area contributed by atoms with Crippen molar-refractivity contribution in [1.29, 1.82) is 0 Å². The zero-order chi connectivity index (χ0) is 23.0. The Kier molecular flexibility index (Phi) is 7.57. The molecule has 0 bridgehead atoms. The van der Waals surface area contributed by atoms with Gasteiger partial charge in [-0.2, -0.15) is 0 Å². The van der Waals surface area contributed by atoms with Crippen LogP contribution in [0.1, 0.15) is 85.5 Å². The van der Waals surface area contributed by atoms with Crippen LogP contribution in [-0.4, -0.2) is 44.3 Å². The summed E-state index contributed by atoms with van der Waals surface area (Å²) in [6.07, 6.45) is 10.1. The summed E-state index contributed by atoms with van der Waals surface area (Å²) in [7, 11) is 0. The van der Waals surface area contributed by atoms with Crippen LogP contribution in [0.5, 0.6) is 0 Å². The van der Waals surface area contributed by atoms with E-state index in [-0.39, 0.29) is 11.3 Å². The molecule has 4 nitrogen and oxygen atoms in total. The van der Waals surface area contributed by atoms with E-state index in [1.165, 1.54) is 5.57 Å². The quantitative estimate of drug-likeness (QED) is 0.491. The molecule has 3 aliphatic rings. The fourth-order valence-corrected chi connectivity index (χ4v) is 6.97. The van der Waals surface area contributed by atoms with E-state index in [9.17, 15) is 20.4 Å². The molecule has 3 saturated carbocycles. The van der Waals surface area contributed by atoms with Crippen LogP contribution in [0.3, 0.4) is 0 Å². The SMILES string of the molecule is C=C1/C(=C\C=C2/CCC[C@@]3(C)[C@H]2CC[C@@H]3[C@@](C)(O)C[C@H](O)CC(C)C)C[C@@H](O)C[C@@H]1O. The summed E-state index contributed by atoms with van der Waals surface area (Å²) >= 11 is 0. The Morgan fingerprint density at radius 2 is 1.94 bits per heavy atom. The molecule has 3 aliphatic carbocycles. The van der Waals surface area contributed by atoms with Crippen molar-refractivity contribution in [2.75, 3.05) is 0 Å². The number of rotatable bonds is 6. The Labute approximate surface area is 188 Å². The average Bonchev–Trinajstić information content (AvgIpc) is 3.00. The second kappa shape index (κ2) is 9.51. The van der Waals surface area contributed by atoms with Gasteiger partial charge in [0, 0.05) is 12.8 Å². The summed E-state index contributed by atoms with van der Waals surface area (Å²) < 4.78 is 0. The molecular weight excluding hydrogens is 388 g/mol. The molecule has 0 spiro atoms. The summed E-state index contributed by atoms with van der Waals surface area (Å²) in [5, 5.41) is 42.1. The molecule has 7 atom stereocenters. The number of allylic oxidation sites excluding steroid dienone is 3. The van der Waals surface area contributed by atoms with E-state index in [4.69, 9.17) is 0 Å². The third-order valence-corrected chi connectivity index (χ3v) is 8.37. The minimum absolute atomic E-state index is 0.0340. The molecule has 31 heavy (non-hydrogen) atoms. The predicted molar refractivity (Wildman–Crippen MR) is 125 cm³/mol. The van der Waals surface area contributed by atoms with Crippen molar-refractivity contribution < 1.29 is 20.4 Å². The molecule has 0 amide bonds. The molecule has 0 saturated heterocycles. The summed E-state index contributed by atoms with van der Waals surface area (Å²) in [6, 6.07) is 0. The molecule has 4 heteroatoms. The first-order chi connectivity index (χ1) is 14.4. The Morgan fingerprint density at radius 1 is 1.23 bits per heavy atom. The Bertz CT molecular complexity index is 719. The van der Waals surface area contributed by atoms with Crippen LogP contribution in [0.2, 0.25) is 0 Å². The summed E-state index contributed by atoms with van der Waals surface area (Å²) in [5.74, 6) is 1.03. The van der Waals surface area contributed by atoms with Gasteiger partial charge in [-0.05, 0) is 86.2 Å². The van der Waals surface area contributed by atoms with Gasteiger partial charge in [0.1, 0.15) is 0 Å². The van der Waals surface area contributed by atoms with Crippen molar-refractivity contribution >= 4 is 0 Å². The van der Waals surface area contributed by atoms with E-state index in [2.05, 4.69) is 39.5 Å². The average molecular weight is 433 g/mol. The first kappa shape index (κ1) is 24.7. The maximum atomic E-state index is 11.5. The molecule has 0 aromatic heterocycles. The second-order valence-corrected chi connectivity index (χ2v) is 11.5. The normalized spacial score (nSPS) is 39.7. The molecule has 3 rings (SSSR count). The van der Waals surface area contributed by atoms with E-state index >= 15 is 0 Å². The number of fused-ring (bicyclic) bond motifs is 1. The second-order valence-electron chi connectivity index (χ2n) is 11.5. The molecule has 0 radical (unpaired) electrons. The van der Waals surface area contributed by atoms with Crippen LogP contribution < -0.4 is 0 Å². The van der Waals surface area contributed by atoms with Gasteiger partial charge < -0.3 is 20.4 Å². The van der Waals surface area contributed by atoms with Gasteiger partial charge in [0.25, 0.3) is 0 Å². The third kappa shape index (κ3) is 5.35. The van der Waals surface area contributed by atoms with Gasteiger partial charge in [-0.3, -0.25) is 0 Å². The summed E-state index contributed by atoms with van der Waals surface area (Å²) in [5.41, 5.74) is 2.26. The lowest BCUT2D eigenvalue weighted by Crippen LogP contribution is -2.47. The largest absolute Gasteiger partial charge is 0.393 e. The molecule has 0 aliphatic heterocycles. The minimum atomic E-state index is -0.870. The number of hydrogen-bond donors (Lipinski definition) is 4. The number of aliphatic hydroxyl groups excluding tert-OH is 3. The van der Waals surface area contributed by atoms with Crippen molar-refractivity contribution in [3.63, 3.8) is 0 Å². The van der Waals surface area contributed by atoms with Crippen LogP contribution in [0.15, 0.2) is 35.5 Å². The van der Waals surface area contributed by atoms with Crippen molar-refractivity contribution in [2.45, 2.75) is 109 Å². The lowest BCUT2D eigenvalue weighted by molar-refractivity contribution is -0.0867. The van der Waals surface area contributed by atoms with Crippen LogP contribution in [-0.2, 0) is 0 Å². The molecule has 0 aromatic rings. The van der Waals surface area contributed by atoms with Crippen LogP contribution in [0, 0.1) is 23.2 Å². The van der Waals surface area contributed by atoms with Gasteiger partial charge >= 0.3 is 0 Å². The highest BCUT2D eigenvalue weighted by Crippen LogP contribution is 2.60. The highest BCUT2D eigenvalue weighted by atomic mass is 16.3. The maximum absolute atomic E-state index is 11.5. The Morgan fingerprint density at radius 3 is 2.61 bits per heavy atom. The zero-order valence-corrected chi connectivity index (χ0v) is 20.0. The first-order valence-electron chi connectivity index (χ1n) is 12.3. The van der Waals surface area contributed by atoms with Gasteiger partial charge in [-0.1, -0.05) is 45.1 Å². The van der Waals surface area contributed by atoms with E-state index in [1.807, 2.05) is 6.92 Å². The van der Waals surface area contributed by atoms with Crippen molar-refractivity contribution in [3.8, 4) is 0 Å².